The van der Waals surface area contributed by atoms with E-state index in [0.29, 0.717) is 12.0 Å². The first-order valence-corrected chi connectivity index (χ1v) is 7.97. The second-order valence-corrected chi connectivity index (χ2v) is 6.79. The molecule has 1 aliphatic heterocycles. The van der Waals surface area contributed by atoms with E-state index in [-0.39, 0.29) is 11.9 Å². The summed E-state index contributed by atoms with van der Waals surface area (Å²) >= 11 is 6.52. The van der Waals surface area contributed by atoms with Crippen LogP contribution in [0.25, 0.3) is 0 Å². The second-order valence-electron chi connectivity index (χ2n) is 6.38. The number of anilines is 2. The van der Waals surface area contributed by atoms with E-state index < -0.39 is 0 Å². The third kappa shape index (κ3) is 2.74. The molecule has 4 nitrogen and oxygen atoms in total. The quantitative estimate of drug-likeness (QED) is 0.878. The summed E-state index contributed by atoms with van der Waals surface area (Å²) in [5.41, 5.74) is 2.87. The maximum atomic E-state index is 11.9. The molecule has 1 heterocycles. The summed E-state index contributed by atoms with van der Waals surface area (Å²) in [6.07, 6.45) is 2.46. The minimum absolute atomic E-state index is 0.0115. The van der Waals surface area contributed by atoms with Crippen molar-refractivity contribution in [2.75, 3.05) is 23.8 Å². The van der Waals surface area contributed by atoms with Gasteiger partial charge in [-0.1, -0.05) is 25.4 Å². The molecular weight excluding hydrogens is 286 g/mol. The Bertz CT molecular complexity index is 569. The normalized spacial score (nSPS) is 20.6. The van der Waals surface area contributed by atoms with Crippen molar-refractivity contribution in [3.05, 3.63) is 22.7 Å². The highest BCUT2D eigenvalue weighted by Crippen LogP contribution is 2.42. The van der Waals surface area contributed by atoms with Gasteiger partial charge < -0.3 is 15.5 Å². The Labute approximate surface area is 130 Å². The van der Waals surface area contributed by atoms with Crippen LogP contribution in [0.4, 0.5) is 11.4 Å². The monoisotopic (exact) mass is 307 g/mol. The molecule has 1 saturated carbocycles. The van der Waals surface area contributed by atoms with E-state index in [0.717, 1.165) is 28.5 Å². The standard InChI is InChI=1S/C16H22ClN3O/c1-9(2)8-20(10-4-5-10)14-7-13-11(6-12(14)17)15(18-3)16(21)19-13/h6-7,9-10,15,18H,4-5,8H2,1-3H3,(H,19,21). The van der Waals surface area contributed by atoms with Gasteiger partial charge >= 0.3 is 0 Å². The van der Waals surface area contributed by atoms with Crippen LogP contribution in [0.1, 0.15) is 38.3 Å². The van der Waals surface area contributed by atoms with Gasteiger partial charge in [0.05, 0.1) is 10.7 Å². The van der Waals surface area contributed by atoms with Crippen molar-refractivity contribution in [2.45, 2.75) is 38.8 Å². The molecule has 2 N–H and O–H groups in total. The second kappa shape index (κ2) is 5.50. The lowest BCUT2D eigenvalue weighted by Crippen LogP contribution is -2.30. The molecular formula is C16H22ClN3O. The first kappa shape index (κ1) is 14.7. The zero-order valence-corrected chi connectivity index (χ0v) is 13.5. The molecule has 0 aromatic heterocycles. The number of carbonyl (C=O) groups is 1. The highest BCUT2D eigenvalue weighted by atomic mass is 35.5. The minimum Gasteiger partial charge on any atom is -0.367 e. The van der Waals surface area contributed by atoms with Crippen LogP contribution in [0.5, 0.6) is 0 Å². The molecule has 21 heavy (non-hydrogen) atoms. The minimum atomic E-state index is -0.300. The average Bonchev–Trinajstić information content (AvgIpc) is 3.19. The van der Waals surface area contributed by atoms with E-state index in [1.165, 1.54) is 12.8 Å². The number of carbonyl (C=O) groups excluding carboxylic acids is 1. The van der Waals surface area contributed by atoms with Crippen LogP contribution in [0.2, 0.25) is 5.02 Å². The van der Waals surface area contributed by atoms with Crippen LogP contribution in [0, 0.1) is 5.92 Å². The highest BCUT2D eigenvalue weighted by molar-refractivity contribution is 6.33. The molecule has 1 aliphatic carbocycles. The molecule has 114 valence electrons. The number of nitrogens with one attached hydrogen (secondary N) is 2. The molecule has 0 radical (unpaired) electrons. The van der Waals surface area contributed by atoms with Gasteiger partial charge in [0.25, 0.3) is 0 Å². The lowest BCUT2D eigenvalue weighted by molar-refractivity contribution is -0.117. The number of rotatable bonds is 5. The van der Waals surface area contributed by atoms with Crippen LogP contribution in [-0.4, -0.2) is 25.5 Å². The van der Waals surface area contributed by atoms with Crippen LogP contribution in [-0.2, 0) is 4.79 Å². The number of amides is 1. The van der Waals surface area contributed by atoms with E-state index in [4.69, 9.17) is 11.6 Å². The van der Waals surface area contributed by atoms with Gasteiger partial charge in [0.1, 0.15) is 6.04 Å². The highest BCUT2D eigenvalue weighted by Gasteiger charge is 2.34. The molecule has 1 unspecified atom stereocenters. The molecule has 0 bridgehead atoms. The summed E-state index contributed by atoms with van der Waals surface area (Å²) in [5, 5.41) is 6.71. The Morgan fingerprint density at radius 1 is 1.43 bits per heavy atom. The zero-order valence-electron chi connectivity index (χ0n) is 12.7. The van der Waals surface area contributed by atoms with Gasteiger partial charge in [0, 0.05) is 23.8 Å². The molecule has 3 rings (SSSR count). The van der Waals surface area contributed by atoms with Crippen LogP contribution in [0.3, 0.4) is 0 Å². The summed E-state index contributed by atoms with van der Waals surface area (Å²) in [6.45, 7) is 5.43. The Balaban J connectivity index is 1.97. The molecule has 1 atom stereocenters. The Hall–Kier alpha value is -1.26. The Morgan fingerprint density at radius 2 is 2.14 bits per heavy atom. The smallest absolute Gasteiger partial charge is 0.246 e. The number of benzene rings is 1. The van der Waals surface area contributed by atoms with Gasteiger partial charge in [0.15, 0.2) is 0 Å². The number of hydrogen-bond donors (Lipinski definition) is 2. The summed E-state index contributed by atoms with van der Waals surface area (Å²) in [7, 11) is 1.79. The predicted molar refractivity (Wildman–Crippen MR) is 87.1 cm³/mol. The predicted octanol–water partition coefficient (Wildman–Crippen LogP) is 3.18. The molecule has 2 aliphatic rings. The lowest BCUT2D eigenvalue weighted by Gasteiger charge is -2.28. The molecule has 0 spiro atoms. The van der Waals surface area contributed by atoms with Gasteiger partial charge in [-0.2, -0.15) is 0 Å². The summed E-state index contributed by atoms with van der Waals surface area (Å²) in [5.74, 6) is 0.567. The van der Waals surface area contributed by atoms with Crippen molar-refractivity contribution in [3.8, 4) is 0 Å². The molecule has 0 saturated heterocycles. The summed E-state index contributed by atoms with van der Waals surface area (Å²) in [4.78, 5) is 14.3. The molecule has 1 aromatic rings. The van der Waals surface area contributed by atoms with Gasteiger partial charge in [-0.05, 0) is 37.9 Å². The maximum Gasteiger partial charge on any atom is 0.246 e. The molecule has 1 amide bonds. The number of halogens is 1. The fraction of sp³-hybridized carbons (Fsp3) is 0.562. The fourth-order valence-electron chi connectivity index (χ4n) is 3.00. The molecule has 1 fully saturated rings. The number of nitrogens with zero attached hydrogens (tertiary/aromatic N) is 1. The van der Waals surface area contributed by atoms with Gasteiger partial charge in [-0.25, -0.2) is 0 Å². The van der Waals surface area contributed by atoms with E-state index in [9.17, 15) is 4.79 Å². The van der Waals surface area contributed by atoms with E-state index in [2.05, 4.69) is 29.4 Å². The third-order valence-electron chi connectivity index (χ3n) is 4.10. The third-order valence-corrected chi connectivity index (χ3v) is 4.40. The van der Waals surface area contributed by atoms with Crippen molar-refractivity contribution in [1.29, 1.82) is 0 Å². The van der Waals surface area contributed by atoms with Crippen molar-refractivity contribution in [3.63, 3.8) is 0 Å². The van der Waals surface area contributed by atoms with Gasteiger partial charge in [-0.15, -0.1) is 0 Å². The number of likely N-dealkylation sites (N-methyl/N-ethyl adjacent to an activating group) is 1. The van der Waals surface area contributed by atoms with E-state index in [1.807, 2.05) is 12.1 Å². The van der Waals surface area contributed by atoms with E-state index >= 15 is 0 Å². The van der Waals surface area contributed by atoms with Crippen molar-refractivity contribution in [1.82, 2.24) is 5.32 Å². The number of fused-ring (bicyclic) bond motifs is 1. The average molecular weight is 308 g/mol. The summed E-state index contributed by atoms with van der Waals surface area (Å²) < 4.78 is 0. The largest absolute Gasteiger partial charge is 0.367 e. The van der Waals surface area contributed by atoms with Crippen molar-refractivity contribution in [2.24, 2.45) is 5.92 Å². The van der Waals surface area contributed by atoms with Crippen LogP contribution < -0.4 is 15.5 Å². The fourth-order valence-corrected chi connectivity index (χ4v) is 3.28. The SMILES string of the molecule is CNC1C(=O)Nc2cc(N(CC(C)C)C3CC3)c(Cl)cc21. The Kier molecular flexibility index (Phi) is 3.84. The zero-order chi connectivity index (χ0) is 15.1. The first-order valence-electron chi connectivity index (χ1n) is 7.59. The molecule has 5 heteroatoms. The lowest BCUT2D eigenvalue weighted by atomic mass is 10.1. The van der Waals surface area contributed by atoms with Gasteiger partial charge in [-0.3, -0.25) is 4.79 Å². The van der Waals surface area contributed by atoms with Gasteiger partial charge in [0.2, 0.25) is 5.91 Å². The van der Waals surface area contributed by atoms with Crippen LogP contribution in [0.15, 0.2) is 12.1 Å². The molecule has 1 aromatic carbocycles. The van der Waals surface area contributed by atoms with Crippen molar-refractivity contribution < 1.29 is 4.79 Å². The maximum absolute atomic E-state index is 11.9. The number of hydrogen-bond acceptors (Lipinski definition) is 3. The Morgan fingerprint density at radius 3 is 2.71 bits per heavy atom. The van der Waals surface area contributed by atoms with Crippen LogP contribution >= 0.6 is 11.6 Å². The van der Waals surface area contributed by atoms with E-state index in [1.54, 1.807) is 7.05 Å². The first-order chi connectivity index (χ1) is 10.0. The topological polar surface area (TPSA) is 44.4 Å². The summed E-state index contributed by atoms with van der Waals surface area (Å²) in [6, 6.07) is 4.26. The van der Waals surface area contributed by atoms with Crippen molar-refractivity contribution >= 4 is 28.9 Å².